The van der Waals surface area contributed by atoms with E-state index < -0.39 is 0 Å². The summed E-state index contributed by atoms with van der Waals surface area (Å²) in [7, 11) is 0. The third-order valence-electron chi connectivity index (χ3n) is 2.57. The quantitative estimate of drug-likeness (QED) is 0.502. The molecule has 0 aliphatic rings. The van der Waals surface area contributed by atoms with Crippen molar-refractivity contribution in [3.8, 4) is 0 Å². The Morgan fingerprint density at radius 2 is 1.53 bits per heavy atom. The van der Waals surface area contributed by atoms with Crippen LogP contribution in [-0.4, -0.2) is 25.2 Å². The first-order valence-corrected chi connectivity index (χ1v) is 6.69. The highest BCUT2D eigenvalue weighted by Crippen LogP contribution is 2.17. The van der Waals surface area contributed by atoms with Gasteiger partial charge in [0.15, 0.2) is 0 Å². The van der Waals surface area contributed by atoms with Crippen LogP contribution in [0, 0.1) is 11.8 Å². The molecule has 0 unspecified atom stereocenters. The molecular weight excluding hydrogens is 244 g/mol. The summed E-state index contributed by atoms with van der Waals surface area (Å²) < 4.78 is 9.63. The van der Waals surface area contributed by atoms with Crippen LogP contribution >= 0.6 is 0 Å². The van der Waals surface area contributed by atoms with Crippen molar-refractivity contribution in [2.75, 3.05) is 13.2 Å². The SMILES string of the molecule is CCOC(=O)/C=C/C[C@@H](/C=C/C(=O)OCC)C(C)C. The fraction of sp³-hybridized carbons (Fsp3) is 0.600. The van der Waals surface area contributed by atoms with Gasteiger partial charge >= 0.3 is 11.9 Å². The summed E-state index contributed by atoms with van der Waals surface area (Å²) in [4.78, 5) is 22.4. The Hall–Kier alpha value is -1.58. The Bertz CT molecular complexity index is 329. The lowest BCUT2D eigenvalue weighted by Crippen LogP contribution is -2.07. The van der Waals surface area contributed by atoms with E-state index in [9.17, 15) is 9.59 Å². The number of allylic oxidation sites excluding steroid dienone is 2. The van der Waals surface area contributed by atoms with Crippen LogP contribution in [0.4, 0.5) is 0 Å². The standard InChI is InChI=1S/C15H24O4/c1-5-18-14(16)9-7-8-13(12(3)4)10-11-15(17)19-6-2/h7,9-13H,5-6,8H2,1-4H3/b9-7+,11-10+/t13-/m0/s1. The third-order valence-corrected chi connectivity index (χ3v) is 2.57. The molecule has 0 heterocycles. The van der Waals surface area contributed by atoms with Gasteiger partial charge in [0, 0.05) is 12.2 Å². The molecule has 0 aliphatic heterocycles. The first-order chi connectivity index (χ1) is 9.01. The van der Waals surface area contributed by atoms with E-state index in [4.69, 9.17) is 9.47 Å². The van der Waals surface area contributed by atoms with Crippen LogP contribution in [0.5, 0.6) is 0 Å². The number of carbonyl (C=O) groups is 2. The van der Waals surface area contributed by atoms with Crippen molar-refractivity contribution in [1.29, 1.82) is 0 Å². The summed E-state index contributed by atoms with van der Waals surface area (Å²) in [6.07, 6.45) is 7.17. The molecule has 0 aliphatic carbocycles. The maximum absolute atomic E-state index is 11.2. The molecule has 19 heavy (non-hydrogen) atoms. The van der Waals surface area contributed by atoms with Crippen molar-refractivity contribution in [1.82, 2.24) is 0 Å². The van der Waals surface area contributed by atoms with Crippen LogP contribution in [0.2, 0.25) is 0 Å². The smallest absolute Gasteiger partial charge is 0.330 e. The molecule has 4 heteroatoms. The van der Waals surface area contributed by atoms with Crippen molar-refractivity contribution >= 4 is 11.9 Å². The molecule has 0 amide bonds. The number of carbonyl (C=O) groups excluding carboxylic acids is 2. The topological polar surface area (TPSA) is 52.6 Å². The molecule has 0 saturated heterocycles. The fourth-order valence-corrected chi connectivity index (χ4v) is 1.48. The molecule has 0 radical (unpaired) electrons. The average Bonchev–Trinajstić information content (AvgIpc) is 2.33. The van der Waals surface area contributed by atoms with E-state index in [-0.39, 0.29) is 17.9 Å². The lowest BCUT2D eigenvalue weighted by Gasteiger charge is -2.14. The first-order valence-electron chi connectivity index (χ1n) is 6.69. The van der Waals surface area contributed by atoms with Gasteiger partial charge in [0.05, 0.1) is 13.2 Å². The second-order valence-corrected chi connectivity index (χ2v) is 4.41. The highest BCUT2D eigenvalue weighted by Gasteiger charge is 2.09. The van der Waals surface area contributed by atoms with E-state index in [0.717, 1.165) is 0 Å². The van der Waals surface area contributed by atoms with E-state index in [2.05, 4.69) is 13.8 Å². The number of ether oxygens (including phenoxy) is 2. The Morgan fingerprint density at radius 1 is 1.00 bits per heavy atom. The maximum atomic E-state index is 11.2. The van der Waals surface area contributed by atoms with Gasteiger partial charge in [-0.3, -0.25) is 0 Å². The fourth-order valence-electron chi connectivity index (χ4n) is 1.48. The van der Waals surface area contributed by atoms with Gasteiger partial charge in [-0.15, -0.1) is 0 Å². The number of esters is 2. The number of hydrogen-bond donors (Lipinski definition) is 0. The van der Waals surface area contributed by atoms with Gasteiger partial charge in [-0.25, -0.2) is 9.59 Å². The van der Waals surface area contributed by atoms with Crippen LogP contribution in [0.1, 0.15) is 34.1 Å². The summed E-state index contributed by atoms with van der Waals surface area (Å²) in [6.45, 7) is 8.42. The number of rotatable bonds is 8. The molecule has 0 rings (SSSR count). The second kappa shape index (κ2) is 10.4. The maximum Gasteiger partial charge on any atom is 0.330 e. The zero-order chi connectivity index (χ0) is 14.7. The highest BCUT2D eigenvalue weighted by molar-refractivity contribution is 5.82. The van der Waals surface area contributed by atoms with Crippen molar-refractivity contribution < 1.29 is 19.1 Å². The van der Waals surface area contributed by atoms with Crippen molar-refractivity contribution in [2.24, 2.45) is 11.8 Å². The molecule has 0 aromatic carbocycles. The zero-order valence-electron chi connectivity index (χ0n) is 12.2. The molecular formula is C15H24O4. The Balaban J connectivity index is 4.34. The average molecular weight is 268 g/mol. The minimum Gasteiger partial charge on any atom is -0.463 e. The molecule has 0 spiro atoms. The first kappa shape index (κ1) is 17.4. The number of hydrogen-bond acceptors (Lipinski definition) is 4. The second-order valence-electron chi connectivity index (χ2n) is 4.41. The van der Waals surface area contributed by atoms with E-state index in [1.165, 1.54) is 12.2 Å². The summed E-state index contributed by atoms with van der Waals surface area (Å²) >= 11 is 0. The van der Waals surface area contributed by atoms with Crippen molar-refractivity contribution in [2.45, 2.75) is 34.1 Å². The highest BCUT2D eigenvalue weighted by atomic mass is 16.5. The van der Waals surface area contributed by atoms with Gasteiger partial charge in [-0.2, -0.15) is 0 Å². The van der Waals surface area contributed by atoms with Gasteiger partial charge in [0.2, 0.25) is 0 Å². The summed E-state index contributed by atoms with van der Waals surface area (Å²) in [5, 5.41) is 0. The monoisotopic (exact) mass is 268 g/mol. The van der Waals surface area contributed by atoms with Crippen molar-refractivity contribution in [3.63, 3.8) is 0 Å². The van der Waals surface area contributed by atoms with E-state index >= 15 is 0 Å². The molecule has 0 bridgehead atoms. The van der Waals surface area contributed by atoms with Crippen LogP contribution in [0.15, 0.2) is 24.3 Å². The van der Waals surface area contributed by atoms with E-state index in [1.807, 2.05) is 6.08 Å². The Kier molecular flexibility index (Phi) is 9.49. The molecule has 1 atom stereocenters. The van der Waals surface area contributed by atoms with Gasteiger partial charge in [-0.1, -0.05) is 26.0 Å². The van der Waals surface area contributed by atoms with E-state index in [1.54, 1.807) is 19.9 Å². The minimum absolute atomic E-state index is 0.190. The van der Waals surface area contributed by atoms with Crippen LogP contribution in [0.25, 0.3) is 0 Å². The van der Waals surface area contributed by atoms with Gasteiger partial charge < -0.3 is 9.47 Å². The summed E-state index contributed by atoms with van der Waals surface area (Å²) in [6, 6.07) is 0. The van der Waals surface area contributed by atoms with Gasteiger partial charge in [0.25, 0.3) is 0 Å². The molecule has 0 aromatic heterocycles. The Labute approximate surface area is 115 Å². The van der Waals surface area contributed by atoms with Crippen LogP contribution in [-0.2, 0) is 19.1 Å². The van der Waals surface area contributed by atoms with Crippen LogP contribution in [0.3, 0.4) is 0 Å². The molecule has 108 valence electrons. The molecule has 0 saturated carbocycles. The minimum atomic E-state index is -0.334. The predicted molar refractivity (Wildman–Crippen MR) is 74.5 cm³/mol. The Morgan fingerprint density at radius 3 is 2.00 bits per heavy atom. The third kappa shape index (κ3) is 9.05. The zero-order valence-corrected chi connectivity index (χ0v) is 12.2. The van der Waals surface area contributed by atoms with Gasteiger partial charge in [0.1, 0.15) is 0 Å². The van der Waals surface area contributed by atoms with Crippen molar-refractivity contribution in [3.05, 3.63) is 24.3 Å². The normalized spacial score (nSPS) is 13.1. The lowest BCUT2D eigenvalue weighted by molar-refractivity contribution is -0.138. The van der Waals surface area contributed by atoms with E-state index in [0.29, 0.717) is 25.6 Å². The largest absolute Gasteiger partial charge is 0.463 e. The predicted octanol–water partition coefficient (Wildman–Crippen LogP) is 2.89. The summed E-state index contributed by atoms with van der Waals surface area (Å²) in [5.41, 5.74) is 0. The van der Waals surface area contributed by atoms with Gasteiger partial charge in [-0.05, 0) is 32.1 Å². The molecule has 0 aromatic rings. The molecule has 4 nitrogen and oxygen atoms in total. The van der Waals surface area contributed by atoms with Crippen LogP contribution < -0.4 is 0 Å². The summed E-state index contributed by atoms with van der Waals surface area (Å²) in [5.74, 6) is -0.102. The molecule has 0 N–H and O–H groups in total. The lowest BCUT2D eigenvalue weighted by atomic mass is 9.92. The molecule has 0 fully saturated rings.